The average Bonchev–Trinajstić information content (AvgIpc) is 2.50. The molecule has 116 valence electrons. The molecule has 0 spiro atoms. The number of pyridine rings is 1. The standard InChI is InChI=1S/C17H21N3OS/c1-11-7-8-12(2)14(10-11)13(3)19-17(22)20-16-15(21-4)6-5-9-18-16/h5-10,13H,1-4H3,(H2,18,19,20,22). The van der Waals surface area contributed by atoms with E-state index in [2.05, 4.69) is 54.6 Å². The van der Waals surface area contributed by atoms with Crippen molar-refractivity contribution < 1.29 is 4.74 Å². The number of hydrogen-bond donors (Lipinski definition) is 2. The molecule has 1 aromatic carbocycles. The number of methoxy groups -OCH3 is 1. The Morgan fingerprint density at radius 2 is 2.05 bits per heavy atom. The third kappa shape index (κ3) is 3.95. The van der Waals surface area contributed by atoms with Crippen LogP contribution < -0.4 is 15.4 Å². The number of aromatic nitrogens is 1. The Morgan fingerprint density at radius 1 is 1.27 bits per heavy atom. The van der Waals surface area contributed by atoms with E-state index in [4.69, 9.17) is 17.0 Å². The van der Waals surface area contributed by atoms with Crippen LogP contribution in [0.1, 0.15) is 29.7 Å². The second kappa shape index (κ2) is 7.22. The van der Waals surface area contributed by atoms with E-state index >= 15 is 0 Å². The molecule has 5 heteroatoms. The molecule has 0 amide bonds. The maximum absolute atomic E-state index is 5.38. The van der Waals surface area contributed by atoms with Gasteiger partial charge in [0.25, 0.3) is 0 Å². The van der Waals surface area contributed by atoms with E-state index in [0.29, 0.717) is 16.7 Å². The molecule has 2 aromatic rings. The number of nitrogens with zero attached hydrogens (tertiary/aromatic N) is 1. The van der Waals surface area contributed by atoms with E-state index in [-0.39, 0.29) is 6.04 Å². The number of thiocarbonyl (C=S) groups is 1. The predicted octanol–water partition coefficient (Wildman–Crippen LogP) is 3.75. The molecule has 1 heterocycles. The smallest absolute Gasteiger partial charge is 0.174 e. The molecule has 0 saturated heterocycles. The zero-order valence-electron chi connectivity index (χ0n) is 13.3. The highest BCUT2D eigenvalue weighted by Crippen LogP contribution is 2.21. The lowest BCUT2D eigenvalue weighted by atomic mass is 10.0. The molecule has 2 N–H and O–H groups in total. The quantitative estimate of drug-likeness (QED) is 0.841. The fraction of sp³-hybridized carbons (Fsp3) is 0.294. The summed E-state index contributed by atoms with van der Waals surface area (Å²) < 4.78 is 5.26. The summed E-state index contributed by atoms with van der Waals surface area (Å²) in [5.41, 5.74) is 3.71. The first-order chi connectivity index (χ1) is 10.5. The largest absolute Gasteiger partial charge is 0.493 e. The molecular weight excluding hydrogens is 294 g/mol. The lowest BCUT2D eigenvalue weighted by molar-refractivity contribution is 0.415. The maximum atomic E-state index is 5.38. The minimum absolute atomic E-state index is 0.106. The van der Waals surface area contributed by atoms with Crippen LogP contribution in [0, 0.1) is 13.8 Å². The zero-order valence-corrected chi connectivity index (χ0v) is 14.1. The second-order valence-corrected chi connectivity index (χ2v) is 5.64. The number of hydrogen-bond acceptors (Lipinski definition) is 3. The van der Waals surface area contributed by atoms with Crippen LogP contribution in [0.15, 0.2) is 36.5 Å². The van der Waals surface area contributed by atoms with Gasteiger partial charge in [-0.1, -0.05) is 23.8 Å². The van der Waals surface area contributed by atoms with Crippen LogP contribution in [-0.2, 0) is 0 Å². The third-order valence-corrected chi connectivity index (χ3v) is 3.69. The highest BCUT2D eigenvalue weighted by Gasteiger charge is 2.11. The fourth-order valence-corrected chi connectivity index (χ4v) is 2.57. The predicted molar refractivity (Wildman–Crippen MR) is 94.5 cm³/mol. The number of ether oxygens (including phenoxy) is 1. The van der Waals surface area contributed by atoms with Gasteiger partial charge in [-0.3, -0.25) is 0 Å². The van der Waals surface area contributed by atoms with Gasteiger partial charge in [-0.15, -0.1) is 0 Å². The Bertz CT molecular complexity index is 673. The normalized spacial score (nSPS) is 11.6. The van der Waals surface area contributed by atoms with Crippen molar-refractivity contribution in [3.63, 3.8) is 0 Å². The first kappa shape index (κ1) is 16.2. The molecule has 1 aromatic heterocycles. The van der Waals surface area contributed by atoms with Gasteiger partial charge in [0.1, 0.15) is 0 Å². The summed E-state index contributed by atoms with van der Waals surface area (Å²) in [6.45, 7) is 6.28. The highest BCUT2D eigenvalue weighted by molar-refractivity contribution is 7.80. The number of rotatable bonds is 4. The lowest BCUT2D eigenvalue weighted by Gasteiger charge is -2.20. The van der Waals surface area contributed by atoms with Crippen molar-refractivity contribution in [3.8, 4) is 5.75 Å². The van der Waals surface area contributed by atoms with Gasteiger partial charge >= 0.3 is 0 Å². The molecule has 0 aliphatic carbocycles. The van der Waals surface area contributed by atoms with Crippen molar-refractivity contribution in [1.82, 2.24) is 10.3 Å². The van der Waals surface area contributed by atoms with Gasteiger partial charge in [0.15, 0.2) is 16.7 Å². The van der Waals surface area contributed by atoms with Gasteiger partial charge in [-0.2, -0.15) is 0 Å². The van der Waals surface area contributed by atoms with Gasteiger partial charge in [-0.25, -0.2) is 4.98 Å². The van der Waals surface area contributed by atoms with Gasteiger partial charge in [0, 0.05) is 6.20 Å². The van der Waals surface area contributed by atoms with Crippen LogP contribution in [0.4, 0.5) is 5.82 Å². The topological polar surface area (TPSA) is 46.2 Å². The van der Waals surface area contributed by atoms with Crippen LogP contribution in [0.5, 0.6) is 5.75 Å². The van der Waals surface area contributed by atoms with Crippen molar-refractivity contribution in [2.45, 2.75) is 26.8 Å². The Balaban J connectivity index is 2.07. The Kier molecular flexibility index (Phi) is 5.33. The van der Waals surface area contributed by atoms with Gasteiger partial charge in [-0.05, 0) is 56.2 Å². The van der Waals surface area contributed by atoms with Gasteiger partial charge in [0.2, 0.25) is 0 Å². The van der Waals surface area contributed by atoms with E-state index in [1.165, 1.54) is 16.7 Å². The molecule has 2 rings (SSSR count). The Morgan fingerprint density at radius 3 is 2.77 bits per heavy atom. The van der Waals surface area contributed by atoms with Crippen LogP contribution >= 0.6 is 12.2 Å². The van der Waals surface area contributed by atoms with Gasteiger partial charge < -0.3 is 15.4 Å². The van der Waals surface area contributed by atoms with E-state index < -0.39 is 0 Å². The van der Waals surface area contributed by atoms with Gasteiger partial charge in [0.05, 0.1) is 13.2 Å². The Labute approximate surface area is 136 Å². The van der Waals surface area contributed by atoms with Crippen LogP contribution in [0.2, 0.25) is 0 Å². The lowest BCUT2D eigenvalue weighted by Crippen LogP contribution is -2.31. The fourth-order valence-electron chi connectivity index (χ4n) is 2.29. The van der Waals surface area contributed by atoms with Crippen molar-refractivity contribution >= 4 is 23.1 Å². The first-order valence-corrected chi connectivity index (χ1v) is 7.55. The summed E-state index contributed by atoms with van der Waals surface area (Å²) in [5, 5.41) is 6.89. The van der Waals surface area contributed by atoms with Crippen molar-refractivity contribution in [2.24, 2.45) is 0 Å². The summed E-state index contributed by atoms with van der Waals surface area (Å²) in [4.78, 5) is 4.24. The molecule has 0 aliphatic rings. The monoisotopic (exact) mass is 315 g/mol. The minimum Gasteiger partial charge on any atom is -0.493 e. The maximum Gasteiger partial charge on any atom is 0.174 e. The number of benzene rings is 1. The van der Waals surface area contributed by atoms with Crippen LogP contribution in [0.25, 0.3) is 0 Å². The molecule has 0 saturated carbocycles. The Hall–Kier alpha value is -2.14. The molecule has 1 atom stereocenters. The third-order valence-electron chi connectivity index (χ3n) is 3.47. The average molecular weight is 315 g/mol. The van der Waals surface area contributed by atoms with Crippen LogP contribution in [0.3, 0.4) is 0 Å². The highest BCUT2D eigenvalue weighted by atomic mass is 32.1. The minimum atomic E-state index is 0.106. The van der Waals surface area contributed by atoms with Crippen LogP contribution in [-0.4, -0.2) is 17.2 Å². The van der Waals surface area contributed by atoms with E-state index in [1.807, 2.05) is 12.1 Å². The summed E-state index contributed by atoms with van der Waals surface area (Å²) in [6, 6.07) is 10.2. The molecule has 4 nitrogen and oxygen atoms in total. The zero-order chi connectivity index (χ0) is 16.1. The van der Waals surface area contributed by atoms with E-state index in [1.54, 1.807) is 13.3 Å². The molecule has 0 aliphatic heterocycles. The summed E-state index contributed by atoms with van der Waals surface area (Å²) in [6.07, 6.45) is 1.70. The van der Waals surface area contributed by atoms with E-state index in [0.717, 1.165) is 0 Å². The molecule has 1 unspecified atom stereocenters. The molecule has 0 bridgehead atoms. The SMILES string of the molecule is COc1cccnc1NC(=S)NC(C)c1cc(C)ccc1C. The summed E-state index contributed by atoms with van der Waals surface area (Å²) in [5.74, 6) is 1.27. The van der Waals surface area contributed by atoms with E-state index in [9.17, 15) is 0 Å². The molecular formula is C17H21N3OS. The first-order valence-electron chi connectivity index (χ1n) is 7.15. The summed E-state index contributed by atoms with van der Waals surface area (Å²) in [7, 11) is 1.61. The summed E-state index contributed by atoms with van der Waals surface area (Å²) >= 11 is 5.38. The van der Waals surface area contributed by atoms with Crippen molar-refractivity contribution in [3.05, 3.63) is 53.2 Å². The number of nitrogens with one attached hydrogen (secondary N) is 2. The number of aryl methyl sites for hydroxylation is 2. The molecule has 22 heavy (non-hydrogen) atoms. The van der Waals surface area contributed by atoms with Crippen molar-refractivity contribution in [2.75, 3.05) is 12.4 Å². The molecule has 0 radical (unpaired) electrons. The van der Waals surface area contributed by atoms with Crippen molar-refractivity contribution in [1.29, 1.82) is 0 Å². The second-order valence-electron chi connectivity index (χ2n) is 5.23. The molecule has 0 fully saturated rings. The number of anilines is 1.